The van der Waals surface area contributed by atoms with Crippen LogP contribution in [-0.2, 0) is 16.0 Å². The monoisotopic (exact) mass is 243 g/mol. The second kappa shape index (κ2) is 3.87. The fraction of sp³-hybridized carbons (Fsp3) is 0.273. The zero-order valence-electron chi connectivity index (χ0n) is 8.62. The van der Waals surface area contributed by atoms with E-state index < -0.39 is 18.0 Å². The van der Waals surface area contributed by atoms with Gasteiger partial charge in [0.15, 0.2) is 0 Å². The predicted octanol–water partition coefficient (Wildman–Crippen LogP) is 2.05. The summed E-state index contributed by atoms with van der Waals surface area (Å²) in [5.41, 5.74) is 0.607. The van der Waals surface area contributed by atoms with Crippen LogP contribution in [0.5, 0.6) is 0 Å². The predicted molar refractivity (Wildman–Crippen MR) is 53.3 cm³/mol. The summed E-state index contributed by atoms with van der Waals surface area (Å²) in [6.45, 7) is 0. The zero-order chi connectivity index (χ0) is 12.6. The first-order chi connectivity index (χ1) is 7.91. The molecule has 0 fully saturated rings. The number of halogens is 3. The quantitative estimate of drug-likeness (QED) is 0.699. The summed E-state index contributed by atoms with van der Waals surface area (Å²) in [5, 5.41) is 0. The van der Waals surface area contributed by atoms with Gasteiger partial charge < -0.3 is 0 Å². The lowest BCUT2D eigenvalue weighted by Gasteiger charge is -2.28. The van der Waals surface area contributed by atoms with Gasteiger partial charge in [-0.15, -0.1) is 0 Å². The Morgan fingerprint density at radius 1 is 1.18 bits per heavy atom. The summed E-state index contributed by atoms with van der Waals surface area (Å²) < 4.78 is 37.1. The van der Waals surface area contributed by atoms with E-state index in [4.69, 9.17) is 0 Å². The number of hydrogen-bond donors (Lipinski definition) is 0. The van der Waals surface area contributed by atoms with Crippen LogP contribution in [0.15, 0.2) is 24.3 Å². The van der Waals surface area contributed by atoms with E-state index in [2.05, 4.69) is 0 Å². The van der Waals surface area contributed by atoms with Crippen LogP contribution in [0.4, 0.5) is 18.9 Å². The smallest absolute Gasteiger partial charge is 0.274 e. The number of imide groups is 1. The van der Waals surface area contributed by atoms with Crippen LogP contribution in [0, 0.1) is 0 Å². The van der Waals surface area contributed by atoms with Gasteiger partial charge in [-0.05, 0) is 18.1 Å². The van der Waals surface area contributed by atoms with Crippen molar-refractivity contribution in [3.63, 3.8) is 0 Å². The fourth-order valence-corrected chi connectivity index (χ4v) is 1.78. The molecule has 1 aliphatic heterocycles. The molecule has 0 atom stereocenters. The average Bonchev–Trinajstić information content (AvgIpc) is 2.27. The Labute approximate surface area is 94.8 Å². The number of rotatable bonds is 0. The average molecular weight is 243 g/mol. The van der Waals surface area contributed by atoms with E-state index in [1.807, 2.05) is 0 Å². The van der Waals surface area contributed by atoms with Crippen molar-refractivity contribution >= 4 is 17.5 Å². The maximum atomic E-state index is 12.4. The highest BCUT2D eigenvalue weighted by atomic mass is 19.4. The largest absolute Gasteiger partial charge is 0.472 e. The molecule has 1 aromatic carbocycles. The third kappa shape index (κ3) is 2.02. The van der Waals surface area contributed by atoms with Crippen LogP contribution in [0.2, 0.25) is 0 Å². The standard InChI is InChI=1S/C11H8F3NO2/c12-11(13,14)10(17)15-8-4-2-1-3-7(8)5-6-9(15)16/h1-4H,5-6H2. The molecule has 0 bridgehead atoms. The van der Waals surface area contributed by atoms with E-state index in [1.54, 1.807) is 12.1 Å². The molecule has 3 nitrogen and oxygen atoms in total. The van der Waals surface area contributed by atoms with Crippen LogP contribution in [0.3, 0.4) is 0 Å². The Morgan fingerprint density at radius 2 is 1.82 bits per heavy atom. The minimum atomic E-state index is -5.04. The van der Waals surface area contributed by atoms with E-state index in [0.29, 0.717) is 12.0 Å². The zero-order valence-corrected chi connectivity index (χ0v) is 8.62. The number of anilines is 1. The number of nitrogens with zero attached hydrogens (tertiary/aromatic N) is 1. The maximum Gasteiger partial charge on any atom is 0.472 e. The number of fused-ring (bicyclic) bond motifs is 1. The molecule has 0 unspecified atom stereocenters. The van der Waals surface area contributed by atoms with Gasteiger partial charge in [0.05, 0.1) is 5.69 Å². The van der Waals surface area contributed by atoms with Gasteiger partial charge >= 0.3 is 12.1 Å². The number of alkyl halides is 3. The first kappa shape index (κ1) is 11.6. The molecule has 90 valence electrons. The topological polar surface area (TPSA) is 37.4 Å². The molecule has 0 radical (unpaired) electrons. The molecule has 17 heavy (non-hydrogen) atoms. The first-order valence-corrected chi connectivity index (χ1v) is 4.93. The molecule has 0 aliphatic carbocycles. The van der Waals surface area contributed by atoms with Gasteiger partial charge in [-0.3, -0.25) is 9.59 Å². The summed E-state index contributed by atoms with van der Waals surface area (Å²) in [6, 6.07) is 6.10. The second-order valence-corrected chi connectivity index (χ2v) is 3.66. The molecule has 0 aromatic heterocycles. The SMILES string of the molecule is O=C1CCc2ccccc2N1C(=O)C(F)(F)F. The summed E-state index contributed by atoms with van der Waals surface area (Å²) in [5.74, 6) is -2.94. The Balaban J connectivity index is 2.47. The van der Waals surface area contributed by atoms with Gasteiger partial charge in [0.2, 0.25) is 5.91 Å². The third-order valence-corrected chi connectivity index (χ3v) is 2.54. The van der Waals surface area contributed by atoms with Crippen LogP contribution in [-0.4, -0.2) is 18.0 Å². The fourth-order valence-electron chi connectivity index (χ4n) is 1.78. The van der Waals surface area contributed by atoms with Gasteiger partial charge in [-0.25, -0.2) is 4.90 Å². The summed E-state index contributed by atoms with van der Waals surface area (Å²) in [6.07, 6.45) is -4.77. The van der Waals surface area contributed by atoms with Crippen LogP contribution < -0.4 is 4.90 Å². The molecule has 1 aromatic rings. The molecule has 2 amide bonds. The number of para-hydroxylation sites is 1. The minimum absolute atomic E-state index is 0.0334. The number of aryl methyl sites for hydroxylation is 1. The van der Waals surface area contributed by atoms with Crippen molar-refractivity contribution in [3.8, 4) is 0 Å². The Hall–Kier alpha value is -1.85. The second-order valence-electron chi connectivity index (χ2n) is 3.66. The summed E-state index contributed by atoms with van der Waals surface area (Å²) >= 11 is 0. The molecular formula is C11H8F3NO2. The molecule has 2 rings (SSSR count). The van der Waals surface area contributed by atoms with E-state index in [-0.39, 0.29) is 17.0 Å². The summed E-state index contributed by atoms with van der Waals surface area (Å²) in [4.78, 5) is 22.8. The van der Waals surface area contributed by atoms with Crippen molar-refractivity contribution in [2.45, 2.75) is 19.0 Å². The summed E-state index contributed by atoms with van der Waals surface area (Å²) in [7, 11) is 0. The van der Waals surface area contributed by atoms with Crippen molar-refractivity contribution < 1.29 is 22.8 Å². The highest BCUT2D eigenvalue weighted by Crippen LogP contribution is 2.31. The van der Waals surface area contributed by atoms with E-state index in [9.17, 15) is 22.8 Å². The van der Waals surface area contributed by atoms with Crippen LogP contribution in [0.1, 0.15) is 12.0 Å². The van der Waals surface area contributed by atoms with Crippen molar-refractivity contribution in [2.24, 2.45) is 0 Å². The normalized spacial score (nSPS) is 15.7. The van der Waals surface area contributed by atoms with E-state index >= 15 is 0 Å². The maximum absolute atomic E-state index is 12.4. The lowest BCUT2D eigenvalue weighted by atomic mass is 10.0. The van der Waals surface area contributed by atoms with Gasteiger partial charge in [0, 0.05) is 6.42 Å². The Kier molecular flexibility index (Phi) is 2.65. The van der Waals surface area contributed by atoms with Crippen molar-refractivity contribution in [3.05, 3.63) is 29.8 Å². The highest BCUT2D eigenvalue weighted by molar-refractivity contribution is 6.18. The number of carbonyl (C=O) groups excluding carboxylic acids is 2. The number of carbonyl (C=O) groups is 2. The number of hydrogen-bond acceptors (Lipinski definition) is 2. The Morgan fingerprint density at radius 3 is 2.47 bits per heavy atom. The van der Waals surface area contributed by atoms with Gasteiger partial charge in [-0.1, -0.05) is 18.2 Å². The molecule has 1 heterocycles. The van der Waals surface area contributed by atoms with Crippen LogP contribution in [0.25, 0.3) is 0 Å². The Bertz CT molecular complexity index is 482. The first-order valence-electron chi connectivity index (χ1n) is 4.93. The molecule has 0 saturated heterocycles. The molecular weight excluding hydrogens is 235 g/mol. The third-order valence-electron chi connectivity index (χ3n) is 2.54. The molecule has 0 N–H and O–H groups in total. The van der Waals surface area contributed by atoms with Crippen molar-refractivity contribution in [1.82, 2.24) is 0 Å². The lowest BCUT2D eigenvalue weighted by Crippen LogP contribution is -2.47. The molecule has 6 heteroatoms. The van der Waals surface area contributed by atoms with E-state index in [1.165, 1.54) is 12.1 Å². The van der Waals surface area contributed by atoms with Gasteiger partial charge in [0.1, 0.15) is 0 Å². The van der Waals surface area contributed by atoms with Crippen molar-refractivity contribution in [1.29, 1.82) is 0 Å². The van der Waals surface area contributed by atoms with E-state index in [0.717, 1.165) is 0 Å². The van der Waals surface area contributed by atoms with Crippen molar-refractivity contribution in [2.75, 3.05) is 4.90 Å². The molecule has 0 saturated carbocycles. The number of benzene rings is 1. The molecule has 0 spiro atoms. The van der Waals surface area contributed by atoms with Crippen LogP contribution >= 0.6 is 0 Å². The molecule has 1 aliphatic rings. The minimum Gasteiger partial charge on any atom is -0.274 e. The lowest BCUT2D eigenvalue weighted by molar-refractivity contribution is -0.171. The number of amides is 2. The highest BCUT2D eigenvalue weighted by Gasteiger charge is 2.46. The van der Waals surface area contributed by atoms with Gasteiger partial charge in [0.25, 0.3) is 0 Å². The van der Waals surface area contributed by atoms with Gasteiger partial charge in [-0.2, -0.15) is 13.2 Å².